The SMILES string of the molecule is CC(C)c1nccn1Cc1cc(F)ccc1C(N)=S. The molecular weight excluding hydrogens is 261 g/mol. The maximum atomic E-state index is 13.4. The van der Waals surface area contributed by atoms with Gasteiger partial charge in [-0.1, -0.05) is 26.1 Å². The van der Waals surface area contributed by atoms with E-state index in [1.807, 2.05) is 10.8 Å². The second-order valence-corrected chi connectivity index (χ2v) is 5.17. The van der Waals surface area contributed by atoms with E-state index in [2.05, 4.69) is 18.8 Å². The van der Waals surface area contributed by atoms with Gasteiger partial charge in [0.05, 0.1) is 0 Å². The Morgan fingerprint density at radius 3 is 2.84 bits per heavy atom. The zero-order chi connectivity index (χ0) is 14.0. The predicted octanol–water partition coefficient (Wildman–Crippen LogP) is 2.83. The third kappa shape index (κ3) is 2.98. The molecule has 0 aliphatic rings. The van der Waals surface area contributed by atoms with Crippen LogP contribution in [0.1, 0.15) is 36.7 Å². The molecule has 0 saturated heterocycles. The first kappa shape index (κ1) is 13.7. The summed E-state index contributed by atoms with van der Waals surface area (Å²) in [6.45, 7) is 4.65. The molecule has 3 nitrogen and oxygen atoms in total. The second kappa shape index (κ2) is 5.48. The fourth-order valence-electron chi connectivity index (χ4n) is 2.07. The molecule has 1 aromatic carbocycles. The highest BCUT2D eigenvalue weighted by Gasteiger charge is 2.11. The molecular formula is C14H16FN3S. The largest absolute Gasteiger partial charge is 0.389 e. The summed E-state index contributed by atoms with van der Waals surface area (Å²) in [6, 6.07) is 4.47. The Bertz CT molecular complexity index is 604. The lowest BCUT2D eigenvalue weighted by molar-refractivity contribution is 0.619. The summed E-state index contributed by atoms with van der Waals surface area (Å²) >= 11 is 5.00. The van der Waals surface area contributed by atoms with Crippen molar-refractivity contribution in [2.75, 3.05) is 0 Å². The second-order valence-electron chi connectivity index (χ2n) is 4.73. The Labute approximate surface area is 117 Å². The first-order chi connectivity index (χ1) is 8.99. The summed E-state index contributed by atoms with van der Waals surface area (Å²) < 4.78 is 15.4. The number of hydrogen-bond donors (Lipinski definition) is 1. The van der Waals surface area contributed by atoms with Crippen molar-refractivity contribution in [3.05, 3.63) is 53.4 Å². The van der Waals surface area contributed by atoms with E-state index in [1.54, 1.807) is 12.3 Å². The number of halogens is 1. The molecule has 0 bridgehead atoms. The van der Waals surface area contributed by atoms with Crippen molar-refractivity contribution in [3.63, 3.8) is 0 Å². The Kier molecular flexibility index (Phi) is 3.95. The normalized spacial score (nSPS) is 10.9. The number of thiocarbonyl (C=S) groups is 1. The van der Waals surface area contributed by atoms with Gasteiger partial charge in [0.2, 0.25) is 0 Å². The quantitative estimate of drug-likeness (QED) is 0.874. The molecule has 100 valence electrons. The molecule has 2 aromatic rings. The number of benzene rings is 1. The monoisotopic (exact) mass is 277 g/mol. The zero-order valence-electron chi connectivity index (χ0n) is 10.9. The first-order valence-electron chi connectivity index (χ1n) is 6.08. The van der Waals surface area contributed by atoms with Crippen molar-refractivity contribution in [1.29, 1.82) is 0 Å². The van der Waals surface area contributed by atoms with Gasteiger partial charge in [-0.05, 0) is 23.8 Å². The third-order valence-corrected chi connectivity index (χ3v) is 3.16. The third-order valence-electron chi connectivity index (χ3n) is 2.94. The highest BCUT2D eigenvalue weighted by atomic mass is 32.1. The summed E-state index contributed by atoms with van der Waals surface area (Å²) in [7, 11) is 0. The van der Waals surface area contributed by atoms with Crippen molar-refractivity contribution in [3.8, 4) is 0 Å². The van der Waals surface area contributed by atoms with Gasteiger partial charge in [0.1, 0.15) is 16.6 Å². The minimum Gasteiger partial charge on any atom is -0.389 e. The Hall–Kier alpha value is -1.75. The highest BCUT2D eigenvalue weighted by Crippen LogP contribution is 2.17. The van der Waals surface area contributed by atoms with E-state index < -0.39 is 0 Å². The van der Waals surface area contributed by atoms with Crippen LogP contribution in [0.15, 0.2) is 30.6 Å². The molecule has 0 amide bonds. The van der Waals surface area contributed by atoms with Crippen LogP contribution in [0.5, 0.6) is 0 Å². The Morgan fingerprint density at radius 1 is 1.47 bits per heavy atom. The van der Waals surface area contributed by atoms with E-state index >= 15 is 0 Å². The molecule has 0 atom stereocenters. The Morgan fingerprint density at radius 2 is 2.21 bits per heavy atom. The van der Waals surface area contributed by atoms with Gasteiger partial charge in [-0.2, -0.15) is 0 Å². The molecule has 0 aliphatic carbocycles. The van der Waals surface area contributed by atoms with Crippen molar-refractivity contribution in [1.82, 2.24) is 9.55 Å². The number of rotatable bonds is 4. The van der Waals surface area contributed by atoms with E-state index in [-0.39, 0.29) is 10.8 Å². The summed E-state index contributed by atoms with van der Waals surface area (Å²) in [6.07, 6.45) is 3.62. The van der Waals surface area contributed by atoms with Crippen molar-refractivity contribution < 1.29 is 4.39 Å². The van der Waals surface area contributed by atoms with Gasteiger partial charge >= 0.3 is 0 Å². The standard InChI is InChI=1S/C14H16FN3S/c1-9(2)14-17-5-6-18(14)8-10-7-11(15)3-4-12(10)13(16)19/h3-7,9H,8H2,1-2H3,(H2,16,19). The zero-order valence-corrected chi connectivity index (χ0v) is 11.7. The summed E-state index contributed by atoms with van der Waals surface area (Å²) in [5.41, 5.74) is 7.15. The maximum Gasteiger partial charge on any atom is 0.123 e. The predicted molar refractivity (Wildman–Crippen MR) is 77.7 cm³/mol. The van der Waals surface area contributed by atoms with Crippen LogP contribution in [-0.2, 0) is 6.54 Å². The molecule has 0 radical (unpaired) electrons. The molecule has 5 heteroatoms. The number of nitrogens with two attached hydrogens (primary N) is 1. The van der Waals surface area contributed by atoms with E-state index in [4.69, 9.17) is 18.0 Å². The number of imidazole rings is 1. The molecule has 19 heavy (non-hydrogen) atoms. The average molecular weight is 277 g/mol. The molecule has 2 N–H and O–H groups in total. The van der Waals surface area contributed by atoms with E-state index in [1.165, 1.54) is 12.1 Å². The van der Waals surface area contributed by atoms with Crippen LogP contribution in [0.4, 0.5) is 4.39 Å². The van der Waals surface area contributed by atoms with Gasteiger partial charge in [-0.25, -0.2) is 9.37 Å². The van der Waals surface area contributed by atoms with Crippen LogP contribution < -0.4 is 5.73 Å². The lowest BCUT2D eigenvalue weighted by Gasteiger charge is -2.13. The van der Waals surface area contributed by atoms with Gasteiger partial charge in [-0.3, -0.25) is 0 Å². The van der Waals surface area contributed by atoms with Crippen molar-refractivity contribution >= 4 is 17.2 Å². The van der Waals surface area contributed by atoms with E-state index in [0.717, 1.165) is 11.4 Å². The van der Waals surface area contributed by atoms with Crippen LogP contribution in [0.25, 0.3) is 0 Å². The molecule has 0 fully saturated rings. The van der Waals surface area contributed by atoms with Crippen LogP contribution in [-0.4, -0.2) is 14.5 Å². The minimum absolute atomic E-state index is 0.279. The number of aromatic nitrogens is 2. The number of hydrogen-bond acceptors (Lipinski definition) is 2. The molecule has 0 spiro atoms. The molecule has 1 aromatic heterocycles. The maximum absolute atomic E-state index is 13.4. The van der Waals surface area contributed by atoms with Crippen LogP contribution in [0.2, 0.25) is 0 Å². The topological polar surface area (TPSA) is 43.8 Å². The van der Waals surface area contributed by atoms with E-state index in [0.29, 0.717) is 18.0 Å². The fraction of sp³-hybridized carbons (Fsp3) is 0.286. The Balaban J connectivity index is 2.40. The lowest BCUT2D eigenvalue weighted by Crippen LogP contribution is -2.15. The first-order valence-corrected chi connectivity index (χ1v) is 6.49. The van der Waals surface area contributed by atoms with Crippen LogP contribution >= 0.6 is 12.2 Å². The fourth-order valence-corrected chi connectivity index (χ4v) is 2.27. The summed E-state index contributed by atoms with van der Waals surface area (Å²) in [4.78, 5) is 4.59. The molecule has 0 saturated carbocycles. The molecule has 0 aliphatic heterocycles. The average Bonchev–Trinajstić information content (AvgIpc) is 2.76. The van der Waals surface area contributed by atoms with Gasteiger partial charge in [0.15, 0.2) is 0 Å². The molecule has 2 rings (SSSR count). The van der Waals surface area contributed by atoms with Gasteiger partial charge in [-0.15, -0.1) is 0 Å². The van der Waals surface area contributed by atoms with Crippen LogP contribution in [0.3, 0.4) is 0 Å². The summed E-state index contributed by atoms with van der Waals surface area (Å²) in [5.74, 6) is 0.969. The summed E-state index contributed by atoms with van der Waals surface area (Å²) in [5, 5.41) is 0. The van der Waals surface area contributed by atoms with Gasteiger partial charge in [0, 0.05) is 30.4 Å². The highest BCUT2D eigenvalue weighted by molar-refractivity contribution is 7.80. The smallest absolute Gasteiger partial charge is 0.123 e. The van der Waals surface area contributed by atoms with Crippen molar-refractivity contribution in [2.45, 2.75) is 26.3 Å². The molecule has 0 unspecified atom stereocenters. The van der Waals surface area contributed by atoms with Crippen molar-refractivity contribution in [2.24, 2.45) is 5.73 Å². The lowest BCUT2D eigenvalue weighted by atomic mass is 10.1. The van der Waals surface area contributed by atoms with Crippen LogP contribution in [0, 0.1) is 5.82 Å². The minimum atomic E-state index is -0.291. The van der Waals surface area contributed by atoms with E-state index in [9.17, 15) is 4.39 Å². The van der Waals surface area contributed by atoms with Gasteiger partial charge in [0.25, 0.3) is 0 Å². The van der Waals surface area contributed by atoms with Gasteiger partial charge < -0.3 is 10.3 Å². The number of nitrogens with zero attached hydrogens (tertiary/aromatic N) is 2. The molecule has 1 heterocycles.